The summed E-state index contributed by atoms with van der Waals surface area (Å²) in [6, 6.07) is 5.19. The fourth-order valence-corrected chi connectivity index (χ4v) is 3.08. The van der Waals surface area contributed by atoms with Crippen LogP contribution in [0.25, 0.3) is 0 Å². The summed E-state index contributed by atoms with van der Waals surface area (Å²) in [5.74, 6) is 0.111. The highest BCUT2D eigenvalue weighted by Crippen LogP contribution is 2.28. The van der Waals surface area contributed by atoms with Crippen molar-refractivity contribution in [1.29, 1.82) is 0 Å². The van der Waals surface area contributed by atoms with Crippen molar-refractivity contribution >= 4 is 5.91 Å². The zero-order valence-corrected chi connectivity index (χ0v) is 16.2. The Hall–Kier alpha value is -3.07. The molecule has 0 spiro atoms. The highest BCUT2D eigenvalue weighted by Gasteiger charge is 2.34. The van der Waals surface area contributed by atoms with Gasteiger partial charge in [0, 0.05) is 18.2 Å². The first-order valence-electron chi connectivity index (χ1n) is 8.76. The average Bonchev–Trinajstić information content (AvgIpc) is 2.68. The van der Waals surface area contributed by atoms with Crippen LogP contribution in [0.5, 0.6) is 17.2 Å². The summed E-state index contributed by atoms with van der Waals surface area (Å²) < 4.78 is 17.4. The van der Waals surface area contributed by atoms with Crippen molar-refractivity contribution in [2.45, 2.75) is 32.5 Å². The Balaban J connectivity index is 1.88. The molecule has 28 heavy (non-hydrogen) atoms. The molecule has 0 saturated carbocycles. The number of nitrogens with one attached hydrogen (secondary N) is 1. The third-order valence-electron chi connectivity index (χ3n) is 4.61. The Morgan fingerprint density at radius 3 is 2.79 bits per heavy atom. The van der Waals surface area contributed by atoms with Crippen LogP contribution in [0.3, 0.4) is 0 Å². The van der Waals surface area contributed by atoms with Crippen LogP contribution in [0.1, 0.15) is 35.7 Å². The van der Waals surface area contributed by atoms with Crippen LogP contribution < -0.4 is 20.3 Å². The molecule has 0 radical (unpaired) electrons. The van der Waals surface area contributed by atoms with Crippen LogP contribution in [0, 0.1) is 0 Å². The number of aromatic hydroxyl groups is 1. The number of aromatic nitrogens is 2. The van der Waals surface area contributed by atoms with Crippen LogP contribution in [-0.2, 0) is 23.4 Å². The number of benzene rings is 1. The molecule has 2 N–H and O–H groups in total. The van der Waals surface area contributed by atoms with Crippen molar-refractivity contribution in [3.8, 4) is 17.2 Å². The van der Waals surface area contributed by atoms with Crippen molar-refractivity contribution in [3.05, 3.63) is 45.6 Å². The lowest BCUT2D eigenvalue weighted by atomic mass is 10.1. The van der Waals surface area contributed by atoms with E-state index < -0.39 is 22.8 Å². The summed E-state index contributed by atoms with van der Waals surface area (Å²) in [7, 11) is 3.06. The predicted molar refractivity (Wildman–Crippen MR) is 99.9 cm³/mol. The molecule has 0 bridgehead atoms. The van der Waals surface area contributed by atoms with Crippen LogP contribution in [0.2, 0.25) is 0 Å². The zero-order chi connectivity index (χ0) is 20.5. The van der Waals surface area contributed by atoms with E-state index in [2.05, 4.69) is 10.3 Å². The van der Waals surface area contributed by atoms with Crippen LogP contribution in [0.4, 0.5) is 0 Å². The van der Waals surface area contributed by atoms with E-state index in [0.29, 0.717) is 29.5 Å². The molecule has 1 aliphatic rings. The van der Waals surface area contributed by atoms with Crippen molar-refractivity contribution in [2.24, 2.45) is 0 Å². The van der Waals surface area contributed by atoms with E-state index in [1.54, 1.807) is 39.2 Å². The number of ether oxygens (including phenoxy) is 3. The van der Waals surface area contributed by atoms with Crippen LogP contribution in [-0.4, -0.2) is 41.4 Å². The van der Waals surface area contributed by atoms with Crippen molar-refractivity contribution in [1.82, 2.24) is 14.9 Å². The van der Waals surface area contributed by atoms with Gasteiger partial charge in [-0.15, -0.1) is 0 Å². The van der Waals surface area contributed by atoms with Gasteiger partial charge in [0.1, 0.15) is 22.9 Å². The normalized spacial score (nSPS) is 14.9. The highest BCUT2D eigenvalue weighted by molar-refractivity contribution is 5.94. The third kappa shape index (κ3) is 3.53. The maximum atomic E-state index is 12.6. The first-order valence-corrected chi connectivity index (χ1v) is 8.76. The van der Waals surface area contributed by atoms with Crippen LogP contribution >= 0.6 is 0 Å². The van der Waals surface area contributed by atoms with Gasteiger partial charge in [0.05, 0.1) is 27.4 Å². The minimum absolute atomic E-state index is 0.116. The molecule has 1 aromatic heterocycles. The van der Waals surface area contributed by atoms with Gasteiger partial charge in [0.15, 0.2) is 5.69 Å². The van der Waals surface area contributed by atoms with Gasteiger partial charge < -0.3 is 24.6 Å². The molecule has 2 aromatic rings. The lowest BCUT2D eigenvalue weighted by molar-refractivity contribution is -0.0566. The lowest BCUT2D eigenvalue weighted by Crippen LogP contribution is -2.42. The van der Waals surface area contributed by atoms with Gasteiger partial charge in [-0.25, -0.2) is 4.98 Å². The molecule has 0 aliphatic carbocycles. The second-order valence-electron chi connectivity index (χ2n) is 6.81. The molecule has 150 valence electrons. The molecule has 0 saturated heterocycles. The number of carbonyl (C=O) groups excluding carboxylic acids is 1. The Labute approximate surface area is 161 Å². The van der Waals surface area contributed by atoms with E-state index >= 15 is 0 Å². The Morgan fingerprint density at radius 2 is 2.11 bits per heavy atom. The largest absolute Gasteiger partial charge is 0.501 e. The Morgan fingerprint density at radius 1 is 1.36 bits per heavy atom. The van der Waals surface area contributed by atoms with E-state index in [-0.39, 0.29) is 18.8 Å². The smallest absolute Gasteiger partial charge is 0.296 e. The van der Waals surface area contributed by atoms with Gasteiger partial charge in [-0.3, -0.25) is 14.2 Å². The van der Waals surface area contributed by atoms with Gasteiger partial charge >= 0.3 is 0 Å². The molecule has 9 heteroatoms. The zero-order valence-electron chi connectivity index (χ0n) is 16.2. The van der Waals surface area contributed by atoms with E-state index in [9.17, 15) is 14.7 Å². The summed E-state index contributed by atoms with van der Waals surface area (Å²) in [6.07, 6.45) is 0. The number of fused-ring (bicyclic) bond motifs is 1. The molecule has 0 fully saturated rings. The van der Waals surface area contributed by atoms with E-state index in [4.69, 9.17) is 14.2 Å². The molecule has 2 heterocycles. The SMILES string of the molecule is COc1ccc(CNC(=O)c2nc3n(c(=O)c2O)CCOC3(C)C)c(OC)c1. The molecule has 1 aliphatic heterocycles. The number of nitrogens with zero attached hydrogens (tertiary/aromatic N) is 2. The maximum absolute atomic E-state index is 12.6. The third-order valence-corrected chi connectivity index (χ3v) is 4.61. The van der Waals surface area contributed by atoms with Gasteiger partial charge in [-0.1, -0.05) is 0 Å². The number of carbonyl (C=O) groups is 1. The average molecular weight is 389 g/mol. The maximum Gasteiger partial charge on any atom is 0.296 e. The molecule has 0 atom stereocenters. The number of methoxy groups -OCH3 is 2. The Kier molecular flexibility index (Phi) is 5.28. The Bertz CT molecular complexity index is 967. The summed E-state index contributed by atoms with van der Waals surface area (Å²) in [5.41, 5.74) is -1.13. The minimum Gasteiger partial charge on any atom is -0.501 e. The molecular formula is C19H23N3O6. The number of hydrogen-bond acceptors (Lipinski definition) is 7. The topological polar surface area (TPSA) is 112 Å². The van der Waals surface area contributed by atoms with Gasteiger partial charge in [0.2, 0.25) is 5.75 Å². The number of hydrogen-bond donors (Lipinski definition) is 2. The predicted octanol–water partition coefficient (Wildman–Crippen LogP) is 1.16. The van der Waals surface area contributed by atoms with E-state index in [1.165, 1.54) is 11.7 Å². The van der Waals surface area contributed by atoms with Gasteiger partial charge in [0.25, 0.3) is 11.5 Å². The molecule has 1 amide bonds. The second kappa shape index (κ2) is 7.51. The fraction of sp³-hybridized carbons (Fsp3) is 0.421. The summed E-state index contributed by atoms with van der Waals surface area (Å²) in [5, 5.41) is 12.9. The van der Waals surface area contributed by atoms with Gasteiger partial charge in [-0.2, -0.15) is 0 Å². The molecule has 3 rings (SSSR count). The van der Waals surface area contributed by atoms with E-state index in [0.717, 1.165) is 0 Å². The minimum atomic E-state index is -0.848. The molecule has 1 aromatic carbocycles. The highest BCUT2D eigenvalue weighted by atomic mass is 16.5. The first-order chi connectivity index (χ1) is 13.3. The molecule has 9 nitrogen and oxygen atoms in total. The van der Waals surface area contributed by atoms with E-state index in [1.807, 2.05) is 0 Å². The fourth-order valence-electron chi connectivity index (χ4n) is 3.08. The summed E-state index contributed by atoms with van der Waals surface area (Å²) in [6.45, 7) is 4.22. The summed E-state index contributed by atoms with van der Waals surface area (Å²) in [4.78, 5) is 29.3. The number of amides is 1. The summed E-state index contributed by atoms with van der Waals surface area (Å²) >= 11 is 0. The first kappa shape index (κ1) is 19.7. The molecule has 0 unspecified atom stereocenters. The lowest BCUT2D eigenvalue weighted by Gasteiger charge is -2.32. The van der Waals surface area contributed by atoms with Crippen molar-refractivity contribution in [2.75, 3.05) is 20.8 Å². The van der Waals surface area contributed by atoms with Crippen LogP contribution in [0.15, 0.2) is 23.0 Å². The molecular weight excluding hydrogens is 366 g/mol. The second-order valence-corrected chi connectivity index (χ2v) is 6.81. The van der Waals surface area contributed by atoms with Gasteiger partial charge in [-0.05, 0) is 26.0 Å². The standard InChI is InChI=1S/C19H23N3O6/c1-19(2)18-21-14(15(23)17(25)22(18)7-8-28-19)16(24)20-10-11-5-6-12(26-3)9-13(11)27-4/h5-6,9,23H,7-8,10H2,1-4H3,(H,20,24). The number of rotatable bonds is 5. The quantitative estimate of drug-likeness (QED) is 0.789. The van der Waals surface area contributed by atoms with Crippen molar-refractivity contribution < 1.29 is 24.1 Å². The van der Waals surface area contributed by atoms with Crippen molar-refractivity contribution in [3.63, 3.8) is 0 Å². The monoisotopic (exact) mass is 389 g/mol.